The van der Waals surface area contributed by atoms with E-state index in [1.165, 1.54) is 122 Å². The van der Waals surface area contributed by atoms with Crippen LogP contribution in [0.15, 0.2) is 170 Å². The second-order valence-electron chi connectivity index (χ2n) is 21.8. The molecular formula is C77H124O5. The normalized spacial score (nSPS) is 13.4. The lowest BCUT2D eigenvalue weighted by atomic mass is 10.0. The first-order chi connectivity index (χ1) is 40.6. The average Bonchev–Trinajstić information content (AvgIpc) is 3.49. The summed E-state index contributed by atoms with van der Waals surface area (Å²) in [7, 11) is 0. The van der Waals surface area contributed by atoms with Crippen molar-refractivity contribution in [2.24, 2.45) is 0 Å². The highest BCUT2D eigenvalue weighted by Crippen LogP contribution is 2.16. The fraction of sp³-hybridized carbons (Fsp3) is 0.610. The van der Waals surface area contributed by atoms with Gasteiger partial charge < -0.3 is 14.6 Å². The molecule has 1 N–H and O–H groups in total. The molecular weight excluding hydrogens is 1000 g/mol. The lowest BCUT2D eigenvalue weighted by Crippen LogP contribution is -2.28. The number of aliphatic hydroxyl groups is 1. The molecule has 0 fully saturated rings. The van der Waals surface area contributed by atoms with Gasteiger partial charge in [0.2, 0.25) is 0 Å². The van der Waals surface area contributed by atoms with Crippen LogP contribution in [-0.4, -0.2) is 36.4 Å². The summed E-state index contributed by atoms with van der Waals surface area (Å²) >= 11 is 0. The number of aliphatic hydroxyl groups excluding tert-OH is 1. The Morgan fingerprint density at radius 2 is 0.488 bits per heavy atom. The SMILES string of the molecule is CC/C=C\C/C=C\C/C=C\C/C=C\C/C=C\C/C=C\C/C=C\C/C=C\C/C=C\C/C=C\CCCCCCCCCCC(=O)OC(CO)COC(=O)CCCCCCCCCCCCCCCCCC/C=C\C/C=C\C/C=C\C/C=C\CC. The molecule has 5 nitrogen and oxygen atoms in total. The molecule has 0 heterocycles. The molecule has 1 atom stereocenters. The number of unbranched alkanes of at least 4 members (excludes halogenated alkanes) is 24. The van der Waals surface area contributed by atoms with Crippen LogP contribution in [-0.2, 0) is 19.1 Å². The largest absolute Gasteiger partial charge is 0.462 e. The maximum Gasteiger partial charge on any atom is 0.306 e. The Bertz CT molecular complexity index is 1810. The highest BCUT2D eigenvalue weighted by atomic mass is 16.6. The van der Waals surface area contributed by atoms with Crippen molar-refractivity contribution < 1.29 is 24.2 Å². The Labute approximate surface area is 506 Å². The number of carbonyl (C=O) groups excluding carboxylic acids is 2. The molecule has 0 aliphatic rings. The number of carbonyl (C=O) groups is 2. The van der Waals surface area contributed by atoms with Crippen molar-refractivity contribution in [2.45, 2.75) is 290 Å². The molecule has 0 aliphatic heterocycles. The lowest BCUT2D eigenvalue weighted by Gasteiger charge is -2.15. The van der Waals surface area contributed by atoms with Gasteiger partial charge in [-0.15, -0.1) is 0 Å². The van der Waals surface area contributed by atoms with Gasteiger partial charge in [-0.1, -0.05) is 312 Å². The molecule has 5 heteroatoms. The van der Waals surface area contributed by atoms with E-state index in [9.17, 15) is 14.7 Å². The summed E-state index contributed by atoms with van der Waals surface area (Å²) in [4.78, 5) is 24.6. The van der Waals surface area contributed by atoms with Crippen LogP contribution >= 0.6 is 0 Å². The zero-order valence-electron chi connectivity index (χ0n) is 52.9. The quantitative estimate of drug-likeness (QED) is 0.0373. The van der Waals surface area contributed by atoms with Gasteiger partial charge >= 0.3 is 11.9 Å². The Kier molecular flexibility index (Phi) is 66.4. The smallest absolute Gasteiger partial charge is 0.306 e. The first-order valence-corrected chi connectivity index (χ1v) is 33.7. The van der Waals surface area contributed by atoms with E-state index in [1.807, 2.05) is 0 Å². The van der Waals surface area contributed by atoms with Crippen molar-refractivity contribution in [3.8, 4) is 0 Å². The first kappa shape index (κ1) is 77.3. The third-order valence-corrected chi connectivity index (χ3v) is 14.0. The Morgan fingerprint density at radius 1 is 0.280 bits per heavy atom. The van der Waals surface area contributed by atoms with Crippen molar-refractivity contribution in [1.29, 1.82) is 0 Å². The monoisotopic (exact) mass is 1130 g/mol. The molecule has 0 aromatic rings. The fourth-order valence-electron chi connectivity index (χ4n) is 9.05. The van der Waals surface area contributed by atoms with Crippen LogP contribution in [0.2, 0.25) is 0 Å². The zero-order chi connectivity index (χ0) is 59.1. The molecule has 0 rings (SSSR count). The molecule has 0 bridgehead atoms. The molecule has 0 aliphatic carbocycles. The van der Waals surface area contributed by atoms with E-state index in [1.54, 1.807) is 0 Å². The third kappa shape index (κ3) is 67.8. The van der Waals surface area contributed by atoms with Crippen molar-refractivity contribution in [3.05, 3.63) is 170 Å². The number of ether oxygens (including phenoxy) is 2. The summed E-state index contributed by atoms with van der Waals surface area (Å²) in [5.74, 6) is -0.603. The number of hydrogen-bond donors (Lipinski definition) is 1. The molecule has 0 radical (unpaired) electrons. The van der Waals surface area contributed by atoms with Crippen LogP contribution in [0.1, 0.15) is 284 Å². The number of allylic oxidation sites excluding steroid dienone is 28. The van der Waals surface area contributed by atoms with E-state index >= 15 is 0 Å². The van der Waals surface area contributed by atoms with Crippen LogP contribution in [0.4, 0.5) is 0 Å². The average molecular weight is 1130 g/mol. The molecule has 0 aromatic heterocycles. The van der Waals surface area contributed by atoms with Crippen LogP contribution < -0.4 is 0 Å². The standard InChI is InChI=1S/C77H124O5/c1-3-5-7-9-11-13-15-17-19-21-23-25-27-29-31-33-34-35-36-37-38-39-40-41-42-44-46-48-50-52-54-56-58-60-62-64-66-68-70-72-77(80)82-75(73-78)74-81-76(79)71-69-67-65-63-61-59-57-55-53-51-49-47-45-43-32-30-28-26-24-22-20-18-16-14-12-10-8-6-4-2/h5-8,11-14,17-20,23-26,29,31,34-35,37-38,40-41,44,46,50,52,75,78H,3-4,9-10,15-16,21-22,27-28,30,32-33,36,39,42-43,45,47-49,51,53-74H2,1-2H3/b7-5-,8-6-,13-11-,14-12-,19-17-,20-18-,25-23-,26-24-,31-29-,35-34-,38-37-,41-40-,46-44-,52-50-. The van der Waals surface area contributed by atoms with Crippen LogP contribution in [0, 0.1) is 0 Å². The van der Waals surface area contributed by atoms with Crippen molar-refractivity contribution in [1.82, 2.24) is 0 Å². The van der Waals surface area contributed by atoms with Crippen LogP contribution in [0.5, 0.6) is 0 Å². The molecule has 1 unspecified atom stereocenters. The highest BCUT2D eigenvalue weighted by Gasteiger charge is 2.16. The van der Waals surface area contributed by atoms with Crippen LogP contribution in [0.3, 0.4) is 0 Å². The summed E-state index contributed by atoms with van der Waals surface area (Å²) < 4.78 is 10.7. The van der Waals surface area contributed by atoms with Gasteiger partial charge in [-0.3, -0.25) is 9.59 Å². The zero-order valence-corrected chi connectivity index (χ0v) is 52.9. The fourth-order valence-corrected chi connectivity index (χ4v) is 9.05. The van der Waals surface area contributed by atoms with E-state index < -0.39 is 6.10 Å². The maximum atomic E-state index is 12.4. The Balaban J connectivity index is 3.57. The molecule has 0 aromatic carbocycles. The van der Waals surface area contributed by atoms with Gasteiger partial charge in [0.25, 0.3) is 0 Å². The minimum atomic E-state index is -0.789. The number of rotatable bonds is 60. The summed E-state index contributed by atoms with van der Waals surface area (Å²) in [6.45, 7) is 3.92. The van der Waals surface area contributed by atoms with E-state index in [0.717, 1.165) is 135 Å². The van der Waals surface area contributed by atoms with Crippen molar-refractivity contribution in [3.63, 3.8) is 0 Å². The minimum absolute atomic E-state index is 0.0771. The summed E-state index contributed by atoms with van der Waals surface area (Å²) in [6.07, 6.45) is 109. The van der Waals surface area contributed by atoms with Gasteiger partial charge in [0.05, 0.1) is 6.61 Å². The Morgan fingerprint density at radius 3 is 0.732 bits per heavy atom. The molecule has 0 saturated carbocycles. The van der Waals surface area contributed by atoms with Gasteiger partial charge in [-0.05, 0) is 128 Å². The predicted molar refractivity (Wildman–Crippen MR) is 361 cm³/mol. The highest BCUT2D eigenvalue weighted by molar-refractivity contribution is 5.70. The Hall–Kier alpha value is -4.74. The molecule has 0 spiro atoms. The van der Waals surface area contributed by atoms with E-state index in [2.05, 4.69) is 184 Å². The third-order valence-electron chi connectivity index (χ3n) is 14.0. The van der Waals surface area contributed by atoms with Gasteiger partial charge in [-0.2, -0.15) is 0 Å². The molecule has 0 saturated heterocycles. The minimum Gasteiger partial charge on any atom is -0.462 e. The van der Waals surface area contributed by atoms with E-state index in [4.69, 9.17) is 9.47 Å². The maximum absolute atomic E-state index is 12.4. The second-order valence-corrected chi connectivity index (χ2v) is 21.8. The van der Waals surface area contributed by atoms with Gasteiger partial charge in [-0.25, -0.2) is 0 Å². The van der Waals surface area contributed by atoms with Crippen LogP contribution in [0.25, 0.3) is 0 Å². The predicted octanol–water partition coefficient (Wildman–Crippen LogP) is 23.6. The summed E-state index contributed by atoms with van der Waals surface area (Å²) in [5.41, 5.74) is 0. The number of esters is 2. The van der Waals surface area contributed by atoms with E-state index in [-0.39, 0.29) is 25.2 Å². The number of hydrogen-bond acceptors (Lipinski definition) is 5. The van der Waals surface area contributed by atoms with E-state index in [0.29, 0.717) is 12.8 Å². The molecule has 82 heavy (non-hydrogen) atoms. The topological polar surface area (TPSA) is 72.8 Å². The lowest BCUT2D eigenvalue weighted by molar-refractivity contribution is -0.161. The molecule has 462 valence electrons. The van der Waals surface area contributed by atoms with Crippen molar-refractivity contribution in [2.75, 3.05) is 13.2 Å². The first-order valence-electron chi connectivity index (χ1n) is 33.7. The van der Waals surface area contributed by atoms with Gasteiger partial charge in [0, 0.05) is 12.8 Å². The molecule has 0 amide bonds. The van der Waals surface area contributed by atoms with Gasteiger partial charge in [0.15, 0.2) is 6.10 Å². The van der Waals surface area contributed by atoms with Crippen molar-refractivity contribution >= 4 is 11.9 Å². The summed E-state index contributed by atoms with van der Waals surface area (Å²) in [5, 5.41) is 9.70. The second kappa shape index (κ2) is 70.5. The van der Waals surface area contributed by atoms with Gasteiger partial charge in [0.1, 0.15) is 6.61 Å². The summed E-state index contributed by atoms with van der Waals surface area (Å²) in [6, 6.07) is 0.